The number of ether oxygens (including phenoxy) is 1. The number of epoxide rings is 1. The summed E-state index contributed by atoms with van der Waals surface area (Å²) in [4.78, 5) is 0. The van der Waals surface area contributed by atoms with Gasteiger partial charge in [-0.3, -0.25) is 0 Å². The van der Waals surface area contributed by atoms with E-state index in [0.717, 1.165) is 25.6 Å². The minimum absolute atomic E-state index is 0.0402. The molecule has 1 aliphatic carbocycles. The Labute approximate surface area is 93.9 Å². The SMILES string of the molecule is CCO[SiH](OCC)C12CCC(C)CC1O2. The Hall–Kier alpha value is 0.0969. The van der Waals surface area contributed by atoms with Crippen LogP contribution in [0.15, 0.2) is 0 Å². The van der Waals surface area contributed by atoms with Crippen LogP contribution in [0.1, 0.15) is 40.0 Å². The molecule has 0 aromatic rings. The van der Waals surface area contributed by atoms with E-state index in [1.807, 2.05) is 13.8 Å². The molecule has 3 unspecified atom stereocenters. The molecule has 0 aromatic heterocycles. The molecule has 1 saturated heterocycles. The molecular weight excluding hydrogens is 208 g/mol. The van der Waals surface area contributed by atoms with Gasteiger partial charge in [0, 0.05) is 13.2 Å². The largest absolute Gasteiger partial charge is 0.395 e. The predicted molar refractivity (Wildman–Crippen MR) is 61.0 cm³/mol. The highest BCUT2D eigenvalue weighted by molar-refractivity contribution is 6.49. The van der Waals surface area contributed by atoms with Crippen molar-refractivity contribution in [1.29, 1.82) is 0 Å². The zero-order chi connectivity index (χ0) is 10.9. The molecule has 1 saturated carbocycles. The molecule has 0 amide bonds. The highest BCUT2D eigenvalue weighted by atomic mass is 28.3. The Kier molecular flexibility index (Phi) is 3.50. The van der Waals surface area contributed by atoms with Crippen LogP contribution >= 0.6 is 0 Å². The van der Waals surface area contributed by atoms with Crippen molar-refractivity contribution < 1.29 is 13.6 Å². The van der Waals surface area contributed by atoms with Crippen molar-refractivity contribution in [1.82, 2.24) is 0 Å². The average molecular weight is 230 g/mol. The first-order valence-electron chi connectivity index (χ1n) is 6.14. The van der Waals surface area contributed by atoms with Crippen molar-refractivity contribution in [2.75, 3.05) is 13.2 Å². The van der Waals surface area contributed by atoms with Crippen molar-refractivity contribution in [3.05, 3.63) is 0 Å². The van der Waals surface area contributed by atoms with Crippen LogP contribution in [0.4, 0.5) is 0 Å². The lowest BCUT2D eigenvalue weighted by Crippen LogP contribution is -2.44. The lowest BCUT2D eigenvalue weighted by atomic mass is 9.90. The molecule has 4 heteroatoms. The topological polar surface area (TPSA) is 31.0 Å². The molecule has 15 heavy (non-hydrogen) atoms. The van der Waals surface area contributed by atoms with Gasteiger partial charge in [-0.05, 0) is 39.0 Å². The summed E-state index contributed by atoms with van der Waals surface area (Å²) in [5, 5.41) is 0.0402. The molecule has 88 valence electrons. The first kappa shape index (κ1) is 11.6. The summed E-state index contributed by atoms with van der Waals surface area (Å²) in [6.07, 6.45) is 4.05. The molecule has 3 atom stereocenters. The Morgan fingerprint density at radius 3 is 2.53 bits per heavy atom. The van der Waals surface area contributed by atoms with Gasteiger partial charge in [-0.25, -0.2) is 0 Å². The molecule has 2 aliphatic rings. The fourth-order valence-corrected chi connectivity index (χ4v) is 5.00. The van der Waals surface area contributed by atoms with Crippen LogP contribution in [-0.4, -0.2) is 33.8 Å². The van der Waals surface area contributed by atoms with Crippen LogP contribution in [0.2, 0.25) is 0 Å². The van der Waals surface area contributed by atoms with Gasteiger partial charge in [0.05, 0.1) is 6.10 Å². The van der Waals surface area contributed by atoms with Gasteiger partial charge in [0.15, 0.2) is 0 Å². The maximum absolute atomic E-state index is 5.91. The van der Waals surface area contributed by atoms with E-state index in [9.17, 15) is 0 Å². The smallest absolute Gasteiger partial charge is 0.357 e. The minimum Gasteiger partial charge on any atom is -0.395 e. The lowest BCUT2D eigenvalue weighted by molar-refractivity contribution is 0.172. The molecule has 1 aliphatic heterocycles. The number of hydrogen-bond acceptors (Lipinski definition) is 3. The summed E-state index contributed by atoms with van der Waals surface area (Å²) in [6.45, 7) is 7.90. The van der Waals surface area contributed by atoms with Crippen LogP contribution in [0.3, 0.4) is 0 Å². The van der Waals surface area contributed by atoms with Gasteiger partial charge in [0.2, 0.25) is 0 Å². The van der Waals surface area contributed by atoms with Crippen molar-refractivity contribution in [3.8, 4) is 0 Å². The molecule has 0 spiro atoms. The van der Waals surface area contributed by atoms with E-state index in [0.29, 0.717) is 6.10 Å². The van der Waals surface area contributed by atoms with E-state index in [2.05, 4.69) is 6.92 Å². The summed E-state index contributed by atoms with van der Waals surface area (Å²) in [7, 11) is -1.61. The summed E-state index contributed by atoms with van der Waals surface area (Å²) in [6, 6.07) is 0. The second-order valence-corrected chi connectivity index (χ2v) is 6.99. The predicted octanol–water partition coefficient (Wildman–Crippen LogP) is 1.78. The zero-order valence-corrected chi connectivity index (χ0v) is 11.1. The van der Waals surface area contributed by atoms with E-state index < -0.39 is 9.28 Å². The second-order valence-electron chi connectivity index (χ2n) is 4.68. The summed E-state index contributed by atoms with van der Waals surface area (Å²) in [5.41, 5.74) is 0. The van der Waals surface area contributed by atoms with Gasteiger partial charge in [0.25, 0.3) is 0 Å². The van der Waals surface area contributed by atoms with Crippen LogP contribution in [-0.2, 0) is 13.6 Å². The van der Waals surface area contributed by atoms with Gasteiger partial charge in [-0.15, -0.1) is 0 Å². The van der Waals surface area contributed by atoms with Crippen LogP contribution in [0, 0.1) is 5.92 Å². The third kappa shape index (κ3) is 2.13. The molecule has 2 fully saturated rings. The van der Waals surface area contributed by atoms with Gasteiger partial charge < -0.3 is 13.6 Å². The molecule has 1 heterocycles. The normalized spacial score (nSPS) is 39.2. The summed E-state index contributed by atoms with van der Waals surface area (Å²) < 4.78 is 17.5. The second kappa shape index (κ2) is 4.53. The minimum atomic E-state index is -1.61. The van der Waals surface area contributed by atoms with E-state index in [1.54, 1.807) is 0 Å². The van der Waals surface area contributed by atoms with Crippen molar-refractivity contribution in [3.63, 3.8) is 0 Å². The number of fused-ring (bicyclic) bond motifs is 1. The quantitative estimate of drug-likeness (QED) is 0.533. The third-order valence-corrected chi connectivity index (χ3v) is 6.40. The molecule has 0 bridgehead atoms. The molecule has 0 N–H and O–H groups in total. The Morgan fingerprint density at radius 2 is 2.00 bits per heavy atom. The van der Waals surface area contributed by atoms with Gasteiger partial charge in [0.1, 0.15) is 5.22 Å². The van der Waals surface area contributed by atoms with Crippen molar-refractivity contribution in [2.24, 2.45) is 5.92 Å². The first-order valence-corrected chi connectivity index (χ1v) is 7.66. The van der Waals surface area contributed by atoms with E-state index >= 15 is 0 Å². The summed E-state index contributed by atoms with van der Waals surface area (Å²) >= 11 is 0. The highest BCUT2D eigenvalue weighted by Crippen LogP contribution is 2.51. The monoisotopic (exact) mass is 230 g/mol. The fourth-order valence-electron chi connectivity index (χ4n) is 2.61. The Balaban J connectivity index is 1.96. The summed E-state index contributed by atoms with van der Waals surface area (Å²) in [5.74, 6) is 0.809. The Morgan fingerprint density at radius 1 is 1.33 bits per heavy atom. The molecule has 0 aromatic carbocycles. The van der Waals surface area contributed by atoms with Gasteiger partial charge >= 0.3 is 9.28 Å². The molecule has 0 radical (unpaired) electrons. The highest BCUT2D eigenvalue weighted by Gasteiger charge is 2.65. The zero-order valence-electron chi connectivity index (χ0n) is 9.99. The van der Waals surface area contributed by atoms with Gasteiger partial charge in [-0.1, -0.05) is 6.92 Å². The van der Waals surface area contributed by atoms with Crippen LogP contribution in [0.25, 0.3) is 0 Å². The standard InChI is InChI=1S/C11H22O3Si/c1-4-12-15(13-5-2)11-7-6-9(3)8-10(11)14-11/h9-10,15H,4-8H2,1-3H3. The number of rotatable bonds is 5. The van der Waals surface area contributed by atoms with E-state index in [4.69, 9.17) is 13.6 Å². The maximum Gasteiger partial charge on any atom is 0.357 e. The van der Waals surface area contributed by atoms with Crippen molar-refractivity contribution in [2.45, 2.75) is 51.4 Å². The van der Waals surface area contributed by atoms with Gasteiger partial charge in [-0.2, -0.15) is 0 Å². The molecule has 3 nitrogen and oxygen atoms in total. The Bertz CT molecular complexity index is 218. The average Bonchev–Trinajstić information content (AvgIpc) is 2.92. The number of hydrogen-bond donors (Lipinski definition) is 0. The first-order chi connectivity index (χ1) is 7.23. The van der Waals surface area contributed by atoms with Crippen LogP contribution in [0.5, 0.6) is 0 Å². The third-order valence-electron chi connectivity index (χ3n) is 3.53. The molecular formula is C11H22O3Si. The van der Waals surface area contributed by atoms with E-state index in [-0.39, 0.29) is 5.22 Å². The maximum atomic E-state index is 5.91. The van der Waals surface area contributed by atoms with Crippen molar-refractivity contribution >= 4 is 9.28 Å². The van der Waals surface area contributed by atoms with E-state index in [1.165, 1.54) is 12.8 Å². The molecule has 2 rings (SSSR count). The fraction of sp³-hybridized carbons (Fsp3) is 1.00. The lowest BCUT2D eigenvalue weighted by Gasteiger charge is -2.26. The van der Waals surface area contributed by atoms with Crippen LogP contribution < -0.4 is 0 Å².